The molecule has 1 aromatic rings. The number of halogens is 1. The van der Waals surface area contributed by atoms with E-state index in [2.05, 4.69) is 17.1 Å². The van der Waals surface area contributed by atoms with Crippen molar-refractivity contribution in [2.24, 2.45) is 0 Å². The highest BCUT2D eigenvalue weighted by molar-refractivity contribution is 5.50. The van der Waals surface area contributed by atoms with Crippen LogP contribution >= 0.6 is 0 Å². The lowest BCUT2D eigenvalue weighted by Crippen LogP contribution is -2.30. The fourth-order valence-electron chi connectivity index (χ4n) is 2.39. The number of benzene rings is 1. The molecule has 1 aliphatic heterocycles. The van der Waals surface area contributed by atoms with Gasteiger partial charge in [-0.05, 0) is 25.0 Å². The molecule has 1 aliphatic rings. The minimum atomic E-state index is -0.292. The van der Waals surface area contributed by atoms with Gasteiger partial charge in [0.05, 0.1) is 7.11 Å². The van der Waals surface area contributed by atoms with Gasteiger partial charge in [-0.1, -0.05) is 6.92 Å². The Kier molecular flexibility index (Phi) is 4.42. The number of methoxy groups -OCH3 is 1. The second kappa shape index (κ2) is 6.05. The van der Waals surface area contributed by atoms with Gasteiger partial charge in [0.1, 0.15) is 0 Å². The first-order valence-electron chi connectivity index (χ1n) is 6.56. The molecule has 1 fully saturated rings. The third-order valence-corrected chi connectivity index (χ3v) is 3.56. The predicted molar refractivity (Wildman–Crippen MR) is 71.9 cm³/mol. The van der Waals surface area contributed by atoms with Crippen LogP contribution in [0.25, 0.3) is 0 Å². The molecule has 18 heavy (non-hydrogen) atoms. The lowest BCUT2D eigenvalue weighted by Gasteiger charge is -2.22. The summed E-state index contributed by atoms with van der Waals surface area (Å²) in [4.78, 5) is 2.23. The summed E-state index contributed by atoms with van der Waals surface area (Å²) in [5, 5.41) is 3.51. The van der Waals surface area contributed by atoms with E-state index in [1.54, 1.807) is 12.1 Å². The first kappa shape index (κ1) is 13.1. The summed E-state index contributed by atoms with van der Waals surface area (Å²) in [5.74, 6) is 0.0115. The molecule has 1 atom stereocenters. The van der Waals surface area contributed by atoms with Crippen LogP contribution in [-0.2, 0) is 0 Å². The van der Waals surface area contributed by atoms with Gasteiger partial charge in [0.2, 0.25) is 0 Å². The smallest absolute Gasteiger partial charge is 0.167 e. The fraction of sp³-hybridized carbons (Fsp3) is 0.571. The van der Waals surface area contributed by atoms with Crippen LogP contribution in [0, 0.1) is 5.82 Å². The predicted octanol–water partition coefficient (Wildman–Crippen LogP) is 2.41. The molecular formula is C14H21FN2O. The van der Waals surface area contributed by atoms with Gasteiger partial charge < -0.3 is 15.0 Å². The quantitative estimate of drug-likeness (QED) is 0.894. The molecule has 2 rings (SSSR count). The molecule has 0 aromatic heterocycles. The molecule has 1 N–H and O–H groups in total. The maximum absolute atomic E-state index is 13.7. The molecule has 0 saturated carbocycles. The zero-order valence-electron chi connectivity index (χ0n) is 11.1. The van der Waals surface area contributed by atoms with Crippen LogP contribution in [0.1, 0.15) is 19.8 Å². The molecule has 0 radical (unpaired) electrons. The highest BCUT2D eigenvalue weighted by atomic mass is 19.1. The van der Waals surface area contributed by atoms with E-state index in [0.29, 0.717) is 11.8 Å². The highest BCUT2D eigenvalue weighted by Gasteiger charge is 2.16. The molecule has 0 aliphatic carbocycles. The monoisotopic (exact) mass is 252 g/mol. The van der Waals surface area contributed by atoms with Gasteiger partial charge in [-0.3, -0.25) is 0 Å². The summed E-state index contributed by atoms with van der Waals surface area (Å²) in [6.07, 6.45) is 2.25. The Morgan fingerprint density at radius 3 is 2.94 bits per heavy atom. The molecule has 1 saturated heterocycles. The van der Waals surface area contributed by atoms with E-state index in [9.17, 15) is 4.39 Å². The standard InChI is InChI=1S/C14H21FN2O/c1-3-11-6-8-17(9-7-16-11)12-4-5-14(18-2)13(15)10-12/h4-5,10-11,16H,3,6-9H2,1-2H3. The van der Waals surface area contributed by atoms with Crippen LogP contribution in [0.5, 0.6) is 5.75 Å². The maximum Gasteiger partial charge on any atom is 0.167 e. The molecule has 3 nitrogen and oxygen atoms in total. The number of anilines is 1. The average Bonchev–Trinajstić information content (AvgIpc) is 2.63. The van der Waals surface area contributed by atoms with Crippen LogP contribution in [-0.4, -0.2) is 32.8 Å². The Labute approximate surface area is 108 Å². The minimum Gasteiger partial charge on any atom is -0.494 e. The fourth-order valence-corrected chi connectivity index (χ4v) is 2.39. The van der Waals surface area contributed by atoms with Crippen molar-refractivity contribution < 1.29 is 9.13 Å². The van der Waals surface area contributed by atoms with E-state index in [0.717, 1.165) is 38.2 Å². The summed E-state index contributed by atoms with van der Waals surface area (Å²) >= 11 is 0. The van der Waals surface area contributed by atoms with E-state index in [1.807, 2.05) is 6.07 Å². The number of nitrogens with one attached hydrogen (secondary N) is 1. The van der Waals surface area contributed by atoms with Gasteiger partial charge in [-0.2, -0.15) is 0 Å². The Morgan fingerprint density at radius 1 is 1.44 bits per heavy atom. The average molecular weight is 252 g/mol. The third kappa shape index (κ3) is 2.93. The van der Waals surface area contributed by atoms with Crippen LogP contribution in [0.3, 0.4) is 0 Å². The van der Waals surface area contributed by atoms with Crippen molar-refractivity contribution in [3.05, 3.63) is 24.0 Å². The van der Waals surface area contributed by atoms with Crippen LogP contribution < -0.4 is 15.0 Å². The van der Waals surface area contributed by atoms with Crippen LogP contribution in [0.4, 0.5) is 10.1 Å². The summed E-state index contributed by atoms with van der Waals surface area (Å²) in [6, 6.07) is 5.76. The van der Waals surface area contributed by atoms with Crippen LogP contribution in [0.2, 0.25) is 0 Å². The second-order valence-corrected chi connectivity index (χ2v) is 4.65. The normalized spacial score (nSPS) is 20.6. The minimum absolute atomic E-state index is 0.292. The van der Waals surface area contributed by atoms with Crippen molar-refractivity contribution in [2.75, 3.05) is 31.6 Å². The van der Waals surface area contributed by atoms with Gasteiger partial charge in [0.25, 0.3) is 0 Å². The highest BCUT2D eigenvalue weighted by Crippen LogP contribution is 2.24. The Hall–Kier alpha value is -1.29. The molecule has 0 amide bonds. The first-order chi connectivity index (χ1) is 8.74. The topological polar surface area (TPSA) is 24.5 Å². The van der Waals surface area contributed by atoms with Crippen molar-refractivity contribution in [1.82, 2.24) is 5.32 Å². The number of hydrogen-bond donors (Lipinski definition) is 1. The van der Waals surface area contributed by atoms with Crippen molar-refractivity contribution in [2.45, 2.75) is 25.8 Å². The summed E-state index contributed by atoms with van der Waals surface area (Å²) in [6.45, 7) is 5.03. The molecular weight excluding hydrogens is 231 g/mol. The molecule has 0 spiro atoms. The maximum atomic E-state index is 13.7. The van der Waals surface area contributed by atoms with Gasteiger partial charge >= 0.3 is 0 Å². The number of rotatable bonds is 3. The van der Waals surface area contributed by atoms with Crippen molar-refractivity contribution >= 4 is 5.69 Å². The molecule has 1 aromatic carbocycles. The Balaban J connectivity index is 2.09. The van der Waals surface area contributed by atoms with Crippen molar-refractivity contribution in [1.29, 1.82) is 0 Å². The van der Waals surface area contributed by atoms with E-state index >= 15 is 0 Å². The van der Waals surface area contributed by atoms with Crippen molar-refractivity contribution in [3.8, 4) is 5.75 Å². The van der Waals surface area contributed by atoms with Crippen molar-refractivity contribution in [3.63, 3.8) is 0 Å². The van der Waals surface area contributed by atoms with E-state index in [-0.39, 0.29) is 5.82 Å². The summed E-state index contributed by atoms with van der Waals surface area (Å²) in [7, 11) is 1.49. The van der Waals surface area contributed by atoms with E-state index in [1.165, 1.54) is 7.11 Å². The van der Waals surface area contributed by atoms with Gasteiger partial charge in [-0.15, -0.1) is 0 Å². The third-order valence-electron chi connectivity index (χ3n) is 3.56. The lowest BCUT2D eigenvalue weighted by molar-refractivity contribution is 0.386. The van der Waals surface area contributed by atoms with E-state index in [4.69, 9.17) is 4.74 Å². The molecule has 1 unspecified atom stereocenters. The van der Waals surface area contributed by atoms with Crippen LogP contribution in [0.15, 0.2) is 18.2 Å². The SMILES string of the molecule is CCC1CCN(c2ccc(OC)c(F)c2)CCN1. The number of ether oxygens (including phenoxy) is 1. The Bertz CT molecular complexity index is 397. The molecule has 100 valence electrons. The molecule has 4 heteroatoms. The molecule has 0 bridgehead atoms. The molecule has 1 heterocycles. The largest absolute Gasteiger partial charge is 0.494 e. The van der Waals surface area contributed by atoms with Gasteiger partial charge in [0.15, 0.2) is 11.6 Å². The zero-order chi connectivity index (χ0) is 13.0. The van der Waals surface area contributed by atoms with E-state index < -0.39 is 0 Å². The van der Waals surface area contributed by atoms with Gasteiger partial charge in [0, 0.05) is 37.4 Å². The Morgan fingerprint density at radius 2 is 2.28 bits per heavy atom. The lowest BCUT2D eigenvalue weighted by atomic mass is 10.1. The zero-order valence-corrected chi connectivity index (χ0v) is 11.1. The first-order valence-corrected chi connectivity index (χ1v) is 6.56. The van der Waals surface area contributed by atoms with Gasteiger partial charge in [-0.25, -0.2) is 4.39 Å². The number of nitrogens with zero attached hydrogens (tertiary/aromatic N) is 1. The second-order valence-electron chi connectivity index (χ2n) is 4.65. The number of hydrogen-bond acceptors (Lipinski definition) is 3. The summed E-state index contributed by atoms with van der Waals surface area (Å²) < 4.78 is 18.6. The summed E-state index contributed by atoms with van der Waals surface area (Å²) in [5.41, 5.74) is 0.937.